The molecule has 0 spiro atoms. The monoisotopic (exact) mass is 162 g/mol. The van der Waals surface area contributed by atoms with Gasteiger partial charge in [-0.1, -0.05) is 6.92 Å². The number of aliphatic hydroxyl groups excluding tert-OH is 3. The molecule has 66 valence electrons. The van der Waals surface area contributed by atoms with Gasteiger partial charge in [0.2, 0.25) is 0 Å². The van der Waals surface area contributed by atoms with E-state index >= 15 is 0 Å². The minimum Gasteiger partial charge on any atom is -0.394 e. The SMILES string of the molecule is C[C@@H]1C[C@H](O)O[C@H](CO)[C@H]1O. The Labute approximate surface area is 65.4 Å². The van der Waals surface area contributed by atoms with Gasteiger partial charge in [-0.25, -0.2) is 0 Å². The molecule has 3 N–H and O–H groups in total. The van der Waals surface area contributed by atoms with E-state index in [1.54, 1.807) is 0 Å². The largest absolute Gasteiger partial charge is 0.394 e. The molecule has 0 aromatic heterocycles. The van der Waals surface area contributed by atoms with Gasteiger partial charge in [-0.05, 0) is 5.92 Å². The second-order valence-electron chi connectivity index (χ2n) is 3.02. The van der Waals surface area contributed by atoms with E-state index < -0.39 is 18.5 Å². The highest BCUT2D eigenvalue weighted by Crippen LogP contribution is 2.23. The summed E-state index contributed by atoms with van der Waals surface area (Å²) in [7, 11) is 0. The molecule has 1 rings (SSSR count). The minimum absolute atomic E-state index is 0.0177. The zero-order valence-corrected chi connectivity index (χ0v) is 6.47. The second kappa shape index (κ2) is 3.49. The summed E-state index contributed by atoms with van der Waals surface area (Å²) in [4.78, 5) is 0. The molecule has 11 heavy (non-hydrogen) atoms. The van der Waals surface area contributed by atoms with Crippen LogP contribution in [0.15, 0.2) is 0 Å². The summed E-state index contributed by atoms with van der Waals surface area (Å²) in [5.41, 5.74) is 0. The Morgan fingerprint density at radius 1 is 1.45 bits per heavy atom. The molecule has 4 heteroatoms. The minimum atomic E-state index is -0.842. The molecule has 0 unspecified atom stereocenters. The summed E-state index contributed by atoms with van der Waals surface area (Å²) in [6.45, 7) is 1.57. The molecule has 1 saturated heterocycles. The molecule has 4 nitrogen and oxygen atoms in total. The quantitative estimate of drug-likeness (QED) is 0.466. The molecular formula is C7H14O4. The van der Waals surface area contributed by atoms with Gasteiger partial charge in [0.1, 0.15) is 6.10 Å². The van der Waals surface area contributed by atoms with Crippen molar-refractivity contribution in [3.05, 3.63) is 0 Å². The van der Waals surface area contributed by atoms with E-state index in [0.29, 0.717) is 6.42 Å². The van der Waals surface area contributed by atoms with Gasteiger partial charge >= 0.3 is 0 Å². The fourth-order valence-corrected chi connectivity index (χ4v) is 1.31. The van der Waals surface area contributed by atoms with E-state index in [4.69, 9.17) is 14.9 Å². The summed E-state index contributed by atoms with van der Waals surface area (Å²) < 4.78 is 4.87. The fraction of sp³-hybridized carbons (Fsp3) is 1.00. The first kappa shape index (κ1) is 8.93. The third-order valence-electron chi connectivity index (χ3n) is 2.05. The zero-order valence-electron chi connectivity index (χ0n) is 6.47. The van der Waals surface area contributed by atoms with Crippen molar-refractivity contribution in [1.82, 2.24) is 0 Å². The number of rotatable bonds is 1. The van der Waals surface area contributed by atoms with Gasteiger partial charge in [-0.2, -0.15) is 0 Å². The van der Waals surface area contributed by atoms with Crippen molar-refractivity contribution in [3.63, 3.8) is 0 Å². The Morgan fingerprint density at radius 3 is 2.64 bits per heavy atom. The van der Waals surface area contributed by atoms with Crippen LogP contribution >= 0.6 is 0 Å². The third kappa shape index (κ3) is 1.90. The highest BCUT2D eigenvalue weighted by Gasteiger charge is 2.33. The second-order valence-corrected chi connectivity index (χ2v) is 3.02. The normalized spacial score (nSPS) is 45.8. The van der Waals surface area contributed by atoms with E-state index in [-0.39, 0.29) is 12.5 Å². The van der Waals surface area contributed by atoms with Crippen LogP contribution in [0.3, 0.4) is 0 Å². The standard InChI is InChI=1S/C7H14O4/c1-4-2-6(9)11-5(3-8)7(4)10/h4-10H,2-3H2,1H3/t4-,5-,6-,7+/m1/s1. The zero-order chi connectivity index (χ0) is 8.43. The van der Waals surface area contributed by atoms with Gasteiger partial charge in [0, 0.05) is 6.42 Å². The van der Waals surface area contributed by atoms with Gasteiger partial charge in [0.25, 0.3) is 0 Å². The Balaban J connectivity index is 2.51. The van der Waals surface area contributed by atoms with Crippen molar-refractivity contribution < 1.29 is 20.1 Å². The summed E-state index contributed by atoms with van der Waals surface area (Å²) in [5, 5.41) is 27.1. The van der Waals surface area contributed by atoms with Crippen LogP contribution in [0.1, 0.15) is 13.3 Å². The van der Waals surface area contributed by atoms with Crippen LogP contribution in [-0.4, -0.2) is 40.4 Å². The van der Waals surface area contributed by atoms with E-state index in [9.17, 15) is 5.11 Å². The number of hydrogen-bond donors (Lipinski definition) is 3. The van der Waals surface area contributed by atoms with E-state index in [1.165, 1.54) is 0 Å². The topological polar surface area (TPSA) is 69.9 Å². The molecule has 0 amide bonds. The molecule has 0 aliphatic carbocycles. The maximum Gasteiger partial charge on any atom is 0.155 e. The van der Waals surface area contributed by atoms with Crippen molar-refractivity contribution in [2.75, 3.05) is 6.61 Å². The number of ether oxygens (including phenoxy) is 1. The van der Waals surface area contributed by atoms with E-state index in [1.807, 2.05) is 6.92 Å². The molecule has 1 fully saturated rings. The predicted molar refractivity (Wildman–Crippen MR) is 37.8 cm³/mol. The van der Waals surface area contributed by atoms with Crippen molar-refractivity contribution in [3.8, 4) is 0 Å². The lowest BCUT2D eigenvalue weighted by Crippen LogP contribution is -2.45. The molecular weight excluding hydrogens is 148 g/mol. The van der Waals surface area contributed by atoms with Gasteiger partial charge < -0.3 is 20.1 Å². The first-order valence-corrected chi connectivity index (χ1v) is 3.77. The molecule has 0 aromatic rings. The highest BCUT2D eigenvalue weighted by atomic mass is 16.6. The maximum absolute atomic E-state index is 9.36. The molecule has 0 bridgehead atoms. The van der Waals surface area contributed by atoms with Crippen LogP contribution in [0.4, 0.5) is 0 Å². The van der Waals surface area contributed by atoms with E-state index in [0.717, 1.165) is 0 Å². The summed E-state index contributed by atoms with van der Waals surface area (Å²) in [6, 6.07) is 0. The smallest absolute Gasteiger partial charge is 0.155 e. The van der Waals surface area contributed by atoms with Gasteiger partial charge in [-0.3, -0.25) is 0 Å². The Kier molecular flexibility index (Phi) is 2.84. The molecule has 0 saturated carbocycles. The molecule has 4 atom stereocenters. The molecule has 0 radical (unpaired) electrons. The summed E-state index contributed by atoms with van der Waals surface area (Å²) in [5.74, 6) is -0.0177. The number of aliphatic hydroxyl groups is 3. The van der Waals surface area contributed by atoms with Crippen molar-refractivity contribution in [2.24, 2.45) is 5.92 Å². The summed E-state index contributed by atoms with van der Waals surface area (Å²) >= 11 is 0. The number of hydrogen-bond acceptors (Lipinski definition) is 4. The van der Waals surface area contributed by atoms with E-state index in [2.05, 4.69) is 0 Å². The average molecular weight is 162 g/mol. The van der Waals surface area contributed by atoms with Crippen LogP contribution < -0.4 is 0 Å². The van der Waals surface area contributed by atoms with Crippen LogP contribution in [0.2, 0.25) is 0 Å². The van der Waals surface area contributed by atoms with Crippen molar-refractivity contribution in [2.45, 2.75) is 31.8 Å². The molecule has 1 aliphatic heterocycles. The van der Waals surface area contributed by atoms with Gasteiger partial charge in [-0.15, -0.1) is 0 Å². The Morgan fingerprint density at radius 2 is 2.09 bits per heavy atom. The average Bonchev–Trinajstić information content (AvgIpc) is 1.96. The highest BCUT2D eigenvalue weighted by molar-refractivity contribution is 4.79. The van der Waals surface area contributed by atoms with Crippen LogP contribution in [0, 0.1) is 5.92 Å². The lowest BCUT2D eigenvalue weighted by molar-refractivity contribution is -0.224. The van der Waals surface area contributed by atoms with Gasteiger partial charge in [0.15, 0.2) is 6.29 Å². The van der Waals surface area contributed by atoms with Gasteiger partial charge in [0.05, 0.1) is 12.7 Å². The lowest BCUT2D eigenvalue weighted by atomic mass is 9.94. The molecule has 1 aliphatic rings. The molecule has 1 heterocycles. The first-order valence-electron chi connectivity index (χ1n) is 3.77. The summed E-state index contributed by atoms with van der Waals surface area (Å²) in [6.07, 6.45) is -1.71. The van der Waals surface area contributed by atoms with Crippen LogP contribution in [-0.2, 0) is 4.74 Å². The van der Waals surface area contributed by atoms with Crippen LogP contribution in [0.25, 0.3) is 0 Å². The Hall–Kier alpha value is -0.160. The third-order valence-corrected chi connectivity index (χ3v) is 2.05. The van der Waals surface area contributed by atoms with Crippen molar-refractivity contribution in [1.29, 1.82) is 0 Å². The Bertz CT molecular complexity index is 128. The molecule has 0 aromatic carbocycles. The first-order chi connectivity index (χ1) is 5.15. The van der Waals surface area contributed by atoms with Crippen LogP contribution in [0.5, 0.6) is 0 Å². The fourth-order valence-electron chi connectivity index (χ4n) is 1.31. The predicted octanol–water partition coefficient (Wildman–Crippen LogP) is -0.917. The lowest BCUT2D eigenvalue weighted by Gasteiger charge is -2.34. The van der Waals surface area contributed by atoms with Crippen molar-refractivity contribution >= 4 is 0 Å². The maximum atomic E-state index is 9.36.